The second-order valence-corrected chi connectivity index (χ2v) is 5.97. The van der Waals surface area contributed by atoms with Crippen molar-refractivity contribution in [1.82, 2.24) is 5.32 Å². The van der Waals surface area contributed by atoms with Crippen LogP contribution in [-0.4, -0.2) is 24.7 Å². The van der Waals surface area contributed by atoms with Gasteiger partial charge in [-0.3, -0.25) is 10.1 Å². The van der Waals surface area contributed by atoms with Gasteiger partial charge in [-0.25, -0.2) is 0 Å². The van der Waals surface area contributed by atoms with Crippen LogP contribution in [0.3, 0.4) is 0 Å². The van der Waals surface area contributed by atoms with E-state index in [1.165, 1.54) is 0 Å². The lowest BCUT2D eigenvalue weighted by molar-refractivity contribution is -0.129. The summed E-state index contributed by atoms with van der Waals surface area (Å²) in [4.78, 5) is 11.7. The van der Waals surface area contributed by atoms with Crippen molar-refractivity contribution in [2.45, 2.75) is 45.4 Å². The number of ether oxygens (including phenoxy) is 1. The standard InChI is InChI=1S/C16H24N2O2/c1-4-20-13-10-12(16(13,2)3)18-14(15(17)19)11-8-6-5-7-9-11/h5-9,12-14,18H,4,10H2,1-3H3,(H2,17,19)/t12-,13-,14-/m0/s1. The molecule has 0 bridgehead atoms. The minimum Gasteiger partial charge on any atom is -0.378 e. The molecular weight excluding hydrogens is 252 g/mol. The molecule has 110 valence electrons. The topological polar surface area (TPSA) is 64.3 Å². The predicted molar refractivity (Wildman–Crippen MR) is 79.1 cm³/mol. The first-order valence-corrected chi connectivity index (χ1v) is 7.18. The average molecular weight is 276 g/mol. The van der Waals surface area contributed by atoms with Crippen LogP contribution >= 0.6 is 0 Å². The minimum atomic E-state index is -0.442. The number of nitrogens with two attached hydrogens (primary N) is 1. The van der Waals surface area contributed by atoms with Gasteiger partial charge in [0.15, 0.2) is 0 Å². The number of benzene rings is 1. The summed E-state index contributed by atoms with van der Waals surface area (Å²) in [5.41, 5.74) is 6.47. The summed E-state index contributed by atoms with van der Waals surface area (Å²) in [6, 6.07) is 9.41. The number of hydrogen-bond acceptors (Lipinski definition) is 3. The summed E-state index contributed by atoms with van der Waals surface area (Å²) < 4.78 is 5.71. The van der Waals surface area contributed by atoms with Gasteiger partial charge in [0.2, 0.25) is 5.91 Å². The molecule has 1 aliphatic carbocycles. The number of amides is 1. The summed E-state index contributed by atoms with van der Waals surface area (Å²) >= 11 is 0. The number of nitrogens with one attached hydrogen (secondary N) is 1. The van der Waals surface area contributed by atoms with Crippen molar-refractivity contribution in [3.05, 3.63) is 35.9 Å². The van der Waals surface area contributed by atoms with Crippen molar-refractivity contribution < 1.29 is 9.53 Å². The molecule has 1 amide bonds. The molecule has 0 unspecified atom stereocenters. The molecule has 1 aliphatic rings. The van der Waals surface area contributed by atoms with Crippen LogP contribution in [0.4, 0.5) is 0 Å². The zero-order chi connectivity index (χ0) is 14.8. The fraction of sp³-hybridized carbons (Fsp3) is 0.562. The summed E-state index contributed by atoms with van der Waals surface area (Å²) in [5.74, 6) is -0.341. The first-order valence-electron chi connectivity index (χ1n) is 7.18. The lowest BCUT2D eigenvalue weighted by Gasteiger charge is -2.52. The molecule has 3 atom stereocenters. The van der Waals surface area contributed by atoms with Gasteiger partial charge in [-0.05, 0) is 18.9 Å². The molecule has 0 aromatic heterocycles. The van der Waals surface area contributed by atoms with Crippen LogP contribution in [0.5, 0.6) is 0 Å². The third-order valence-electron chi connectivity index (χ3n) is 4.33. The Morgan fingerprint density at radius 1 is 1.45 bits per heavy atom. The Labute approximate surface area is 120 Å². The normalized spacial score (nSPS) is 25.8. The maximum absolute atomic E-state index is 11.7. The van der Waals surface area contributed by atoms with Crippen LogP contribution in [0.25, 0.3) is 0 Å². The lowest BCUT2D eigenvalue weighted by atomic mass is 9.64. The summed E-state index contributed by atoms with van der Waals surface area (Å²) in [6.45, 7) is 7.06. The molecule has 0 spiro atoms. The maximum Gasteiger partial charge on any atom is 0.239 e. The zero-order valence-electron chi connectivity index (χ0n) is 12.4. The zero-order valence-corrected chi connectivity index (χ0v) is 12.4. The van der Waals surface area contributed by atoms with Gasteiger partial charge < -0.3 is 10.5 Å². The fourth-order valence-electron chi connectivity index (χ4n) is 2.84. The van der Waals surface area contributed by atoms with Crippen LogP contribution in [0.2, 0.25) is 0 Å². The molecule has 0 saturated heterocycles. The van der Waals surface area contributed by atoms with E-state index >= 15 is 0 Å². The SMILES string of the molecule is CCO[C@H]1C[C@H](N[C@H](C(N)=O)c2ccccc2)C1(C)C. The van der Waals surface area contributed by atoms with Crippen LogP contribution in [0.15, 0.2) is 30.3 Å². The number of hydrogen-bond donors (Lipinski definition) is 2. The molecule has 4 nitrogen and oxygen atoms in total. The Kier molecular flexibility index (Phi) is 4.45. The lowest BCUT2D eigenvalue weighted by Crippen LogP contribution is -2.62. The first kappa shape index (κ1) is 15.0. The van der Waals surface area contributed by atoms with E-state index in [1.807, 2.05) is 37.3 Å². The third-order valence-corrected chi connectivity index (χ3v) is 4.33. The highest BCUT2D eigenvalue weighted by molar-refractivity contribution is 5.81. The average Bonchev–Trinajstić information content (AvgIpc) is 2.42. The Morgan fingerprint density at radius 2 is 2.10 bits per heavy atom. The van der Waals surface area contributed by atoms with Crippen molar-refractivity contribution in [2.24, 2.45) is 11.1 Å². The van der Waals surface area contributed by atoms with Gasteiger partial charge in [0.1, 0.15) is 6.04 Å². The van der Waals surface area contributed by atoms with E-state index in [4.69, 9.17) is 10.5 Å². The van der Waals surface area contributed by atoms with Gasteiger partial charge in [-0.1, -0.05) is 44.2 Å². The fourth-order valence-corrected chi connectivity index (χ4v) is 2.84. The molecule has 1 saturated carbocycles. The first-order chi connectivity index (χ1) is 9.46. The van der Waals surface area contributed by atoms with Crippen LogP contribution in [-0.2, 0) is 9.53 Å². The molecular formula is C16H24N2O2. The summed E-state index contributed by atoms with van der Waals surface area (Å²) in [7, 11) is 0. The second-order valence-electron chi connectivity index (χ2n) is 5.97. The van der Waals surface area contributed by atoms with Gasteiger partial charge in [0.25, 0.3) is 0 Å². The van der Waals surface area contributed by atoms with E-state index in [1.54, 1.807) is 0 Å². The van der Waals surface area contributed by atoms with E-state index in [0.29, 0.717) is 0 Å². The second kappa shape index (κ2) is 5.94. The predicted octanol–water partition coefficient (Wildman–Crippen LogP) is 2.01. The number of carbonyl (C=O) groups is 1. The van der Waals surface area contributed by atoms with Crippen molar-refractivity contribution in [1.29, 1.82) is 0 Å². The maximum atomic E-state index is 11.7. The highest BCUT2D eigenvalue weighted by atomic mass is 16.5. The van der Waals surface area contributed by atoms with Gasteiger partial charge in [0, 0.05) is 18.1 Å². The van der Waals surface area contributed by atoms with Crippen LogP contribution in [0.1, 0.15) is 38.8 Å². The molecule has 3 N–H and O–H groups in total. The van der Waals surface area contributed by atoms with Crippen LogP contribution in [0, 0.1) is 5.41 Å². The van der Waals surface area contributed by atoms with Gasteiger partial charge in [-0.15, -0.1) is 0 Å². The minimum absolute atomic E-state index is 0.0124. The third kappa shape index (κ3) is 2.86. The van der Waals surface area contributed by atoms with Crippen molar-refractivity contribution >= 4 is 5.91 Å². The summed E-state index contributed by atoms with van der Waals surface area (Å²) in [5, 5.41) is 3.39. The van der Waals surface area contributed by atoms with Crippen LogP contribution < -0.4 is 11.1 Å². The number of rotatable bonds is 6. The van der Waals surface area contributed by atoms with E-state index < -0.39 is 6.04 Å². The van der Waals surface area contributed by atoms with Crippen molar-refractivity contribution in [3.8, 4) is 0 Å². The van der Waals surface area contributed by atoms with Gasteiger partial charge >= 0.3 is 0 Å². The van der Waals surface area contributed by atoms with Gasteiger partial charge in [0.05, 0.1) is 6.10 Å². The van der Waals surface area contributed by atoms with E-state index in [-0.39, 0.29) is 23.5 Å². The molecule has 1 aromatic carbocycles. The Morgan fingerprint density at radius 3 is 2.60 bits per heavy atom. The molecule has 20 heavy (non-hydrogen) atoms. The smallest absolute Gasteiger partial charge is 0.239 e. The van der Waals surface area contributed by atoms with Crippen molar-refractivity contribution in [3.63, 3.8) is 0 Å². The highest BCUT2D eigenvalue weighted by Gasteiger charge is 2.49. The molecule has 1 aromatic rings. The van der Waals surface area contributed by atoms with Gasteiger partial charge in [-0.2, -0.15) is 0 Å². The number of carbonyl (C=O) groups excluding carboxylic acids is 1. The monoisotopic (exact) mass is 276 g/mol. The molecule has 0 heterocycles. The Balaban J connectivity index is 2.06. The molecule has 0 aliphatic heterocycles. The largest absolute Gasteiger partial charge is 0.378 e. The molecule has 1 fully saturated rings. The van der Waals surface area contributed by atoms with Crippen molar-refractivity contribution in [2.75, 3.05) is 6.61 Å². The number of primary amides is 1. The Bertz CT molecular complexity index is 459. The molecule has 0 radical (unpaired) electrons. The summed E-state index contributed by atoms with van der Waals surface area (Å²) in [6.07, 6.45) is 1.16. The quantitative estimate of drug-likeness (QED) is 0.835. The van der Waals surface area contributed by atoms with E-state index in [9.17, 15) is 4.79 Å². The highest BCUT2D eigenvalue weighted by Crippen LogP contribution is 2.43. The Hall–Kier alpha value is -1.39. The molecule has 4 heteroatoms. The van der Waals surface area contributed by atoms with E-state index in [2.05, 4.69) is 19.2 Å². The van der Waals surface area contributed by atoms with E-state index in [0.717, 1.165) is 18.6 Å². The molecule has 2 rings (SSSR count).